The molecule has 0 aliphatic carbocycles. The van der Waals surface area contributed by atoms with Crippen molar-refractivity contribution in [2.45, 2.75) is 297 Å². The number of ether oxygens (including phenoxy) is 3. The molecule has 1 atom stereocenters. The van der Waals surface area contributed by atoms with Gasteiger partial charge < -0.3 is 14.2 Å². The molecule has 1 unspecified atom stereocenters. The highest BCUT2D eigenvalue weighted by Crippen LogP contribution is 2.16. The van der Waals surface area contributed by atoms with Crippen molar-refractivity contribution in [1.82, 2.24) is 0 Å². The first kappa shape index (κ1) is 71.1. The monoisotopic (exact) mass is 1040 g/mol. The van der Waals surface area contributed by atoms with Crippen molar-refractivity contribution in [2.75, 3.05) is 13.2 Å². The molecule has 0 amide bonds. The minimum absolute atomic E-state index is 0.0887. The number of esters is 3. The summed E-state index contributed by atoms with van der Waals surface area (Å²) in [4.78, 5) is 38.2. The van der Waals surface area contributed by atoms with Crippen LogP contribution in [0, 0.1) is 0 Å². The van der Waals surface area contributed by atoms with Gasteiger partial charge in [-0.3, -0.25) is 14.4 Å². The van der Waals surface area contributed by atoms with E-state index in [2.05, 4.69) is 130 Å². The van der Waals surface area contributed by atoms with E-state index in [-0.39, 0.29) is 31.1 Å². The van der Waals surface area contributed by atoms with Crippen LogP contribution in [0.2, 0.25) is 0 Å². The van der Waals surface area contributed by atoms with Crippen LogP contribution < -0.4 is 0 Å². The average molecular weight is 1040 g/mol. The quantitative estimate of drug-likeness (QED) is 0.0261. The third-order valence-electron chi connectivity index (χ3n) is 13.2. The highest BCUT2D eigenvalue weighted by molar-refractivity contribution is 5.71. The Morgan fingerprint density at radius 3 is 0.813 bits per heavy atom. The second-order valence-electron chi connectivity index (χ2n) is 20.6. The molecule has 0 aromatic rings. The largest absolute Gasteiger partial charge is 0.462 e. The number of unbranched alkanes of at least 4 members (excludes halogenated alkanes) is 27. The van der Waals surface area contributed by atoms with Gasteiger partial charge >= 0.3 is 17.9 Å². The molecule has 0 radical (unpaired) electrons. The molecule has 0 bridgehead atoms. The molecule has 0 aliphatic heterocycles. The lowest BCUT2D eigenvalue weighted by Gasteiger charge is -2.18. The fraction of sp³-hybridized carbons (Fsp3) is 0.696. The van der Waals surface area contributed by atoms with Crippen LogP contribution in [0.3, 0.4) is 0 Å². The number of allylic oxidation sites excluding steroid dienone is 18. The van der Waals surface area contributed by atoms with Crippen molar-refractivity contribution in [2.24, 2.45) is 0 Å². The fourth-order valence-corrected chi connectivity index (χ4v) is 8.50. The molecule has 0 aromatic heterocycles. The fourth-order valence-electron chi connectivity index (χ4n) is 8.50. The second kappa shape index (κ2) is 62.6. The van der Waals surface area contributed by atoms with Crippen LogP contribution in [0.4, 0.5) is 0 Å². The molecule has 6 nitrogen and oxygen atoms in total. The summed E-state index contributed by atoms with van der Waals surface area (Å²) >= 11 is 0. The molecule has 0 heterocycles. The Labute approximate surface area is 463 Å². The lowest BCUT2D eigenvalue weighted by Crippen LogP contribution is -2.30. The van der Waals surface area contributed by atoms with Crippen molar-refractivity contribution in [3.05, 3.63) is 109 Å². The van der Waals surface area contributed by atoms with Gasteiger partial charge in [0.15, 0.2) is 6.10 Å². The first-order chi connectivity index (χ1) is 37.0. The molecule has 0 N–H and O–H groups in total. The van der Waals surface area contributed by atoms with Crippen LogP contribution >= 0.6 is 0 Å². The van der Waals surface area contributed by atoms with Gasteiger partial charge in [0.2, 0.25) is 0 Å². The molecule has 0 spiro atoms. The second-order valence-corrected chi connectivity index (χ2v) is 20.6. The maximum Gasteiger partial charge on any atom is 0.306 e. The summed E-state index contributed by atoms with van der Waals surface area (Å²) in [6.07, 6.45) is 85.2. The van der Waals surface area contributed by atoms with Crippen LogP contribution in [0.5, 0.6) is 0 Å². The summed E-state index contributed by atoms with van der Waals surface area (Å²) in [5.41, 5.74) is 0. The predicted molar refractivity (Wildman–Crippen MR) is 325 cm³/mol. The highest BCUT2D eigenvalue weighted by atomic mass is 16.6. The maximum absolute atomic E-state index is 12.9. The van der Waals surface area contributed by atoms with E-state index in [1.165, 1.54) is 109 Å². The molecule has 428 valence electrons. The molecule has 6 heteroatoms. The Morgan fingerprint density at radius 1 is 0.280 bits per heavy atom. The van der Waals surface area contributed by atoms with E-state index >= 15 is 0 Å². The smallest absolute Gasteiger partial charge is 0.306 e. The van der Waals surface area contributed by atoms with Crippen molar-refractivity contribution in [3.8, 4) is 0 Å². The third kappa shape index (κ3) is 60.8. The van der Waals surface area contributed by atoms with E-state index in [9.17, 15) is 14.4 Å². The molecule has 0 aliphatic rings. The summed E-state index contributed by atoms with van der Waals surface area (Å²) in [7, 11) is 0. The van der Waals surface area contributed by atoms with Gasteiger partial charge in [0.1, 0.15) is 13.2 Å². The van der Waals surface area contributed by atoms with E-state index in [1.807, 2.05) is 0 Å². The van der Waals surface area contributed by atoms with Crippen molar-refractivity contribution < 1.29 is 28.6 Å². The topological polar surface area (TPSA) is 78.9 Å². The maximum atomic E-state index is 12.9. The average Bonchev–Trinajstić information content (AvgIpc) is 3.41. The van der Waals surface area contributed by atoms with Gasteiger partial charge in [-0.1, -0.05) is 265 Å². The van der Waals surface area contributed by atoms with Crippen LogP contribution in [0.15, 0.2) is 109 Å². The van der Waals surface area contributed by atoms with Gasteiger partial charge in [0.05, 0.1) is 0 Å². The predicted octanol–water partition coefficient (Wildman–Crippen LogP) is 21.4. The molecule has 0 saturated heterocycles. The minimum atomic E-state index is -0.793. The molecule has 0 aromatic carbocycles. The zero-order valence-electron chi connectivity index (χ0n) is 49.0. The van der Waals surface area contributed by atoms with E-state index in [4.69, 9.17) is 14.2 Å². The number of rotatable bonds is 56. The van der Waals surface area contributed by atoms with Gasteiger partial charge in [0, 0.05) is 19.3 Å². The number of hydrogen-bond donors (Lipinski definition) is 0. The van der Waals surface area contributed by atoms with Crippen LogP contribution in [-0.2, 0) is 28.6 Å². The summed E-state index contributed by atoms with van der Waals surface area (Å²) in [6.45, 7) is 6.43. The zero-order valence-corrected chi connectivity index (χ0v) is 49.0. The molecular formula is C69H116O6. The number of carbonyl (C=O) groups is 3. The van der Waals surface area contributed by atoms with Gasteiger partial charge in [-0.05, 0) is 116 Å². The van der Waals surface area contributed by atoms with Gasteiger partial charge in [0.25, 0.3) is 0 Å². The Kier molecular flexibility index (Phi) is 59.3. The Bertz CT molecular complexity index is 1520. The summed E-state index contributed by atoms with van der Waals surface area (Å²) in [5.74, 6) is -0.913. The van der Waals surface area contributed by atoms with Gasteiger partial charge in [-0.15, -0.1) is 0 Å². The standard InChI is InChI=1S/C69H116O6/c1-4-7-10-13-16-19-22-25-28-29-30-31-32-33-34-35-36-37-38-39-40-41-42-45-47-50-53-56-59-62-68(71)74-65-66(75-69(72)63-60-57-54-51-48-44-27-24-21-18-15-12-9-6-3)64-73-67(70)61-58-55-52-49-46-43-26-23-20-17-14-11-8-5-2/h7,10,14-19,23-28,30-31,33-34,66H,4-6,8-9,11-13,20-22,29,32,35-65H2,1-3H3/b10-7-,17-14-,18-15-,19-16-,26-23-,27-24-,28-25-,31-30-,34-33-. The summed E-state index contributed by atoms with van der Waals surface area (Å²) in [5, 5.41) is 0. The van der Waals surface area contributed by atoms with Gasteiger partial charge in [-0.25, -0.2) is 0 Å². The molecule has 0 rings (SSSR count). The molecular weight excluding hydrogens is 925 g/mol. The normalized spacial score (nSPS) is 12.8. The van der Waals surface area contributed by atoms with E-state index in [1.54, 1.807) is 0 Å². The minimum Gasteiger partial charge on any atom is -0.462 e. The van der Waals surface area contributed by atoms with Crippen molar-refractivity contribution >= 4 is 17.9 Å². The van der Waals surface area contributed by atoms with Crippen LogP contribution in [0.1, 0.15) is 290 Å². The van der Waals surface area contributed by atoms with Crippen molar-refractivity contribution in [3.63, 3.8) is 0 Å². The van der Waals surface area contributed by atoms with E-state index in [0.717, 1.165) is 141 Å². The number of carbonyl (C=O) groups excluding carboxylic acids is 3. The lowest BCUT2D eigenvalue weighted by molar-refractivity contribution is -0.167. The summed E-state index contributed by atoms with van der Waals surface area (Å²) in [6, 6.07) is 0. The van der Waals surface area contributed by atoms with E-state index < -0.39 is 6.10 Å². The Morgan fingerprint density at radius 2 is 0.520 bits per heavy atom. The van der Waals surface area contributed by atoms with Crippen LogP contribution in [-0.4, -0.2) is 37.2 Å². The van der Waals surface area contributed by atoms with Crippen molar-refractivity contribution in [1.29, 1.82) is 0 Å². The van der Waals surface area contributed by atoms with E-state index in [0.29, 0.717) is 19.3 Å². The number of hydrogen-bond acceptors (Lipinski definition) is 6. The zero-order chi connectivity index (χ0) is 54.3. The molecule has 75 heavy (non-hydrogen) atoms. The molecule has 0 saturated carbocycles. The first-order valence-corrected chi connectivity index (χ1v) is 31.4. The highest BCUT2D eigenvalue weighted by Gasteiger charge is 2.19. The SMILES string of the molecule is CC/C=C\C/C=C\C/C=C\C/C=C\C/C=C\CCCCCCCCCCCCCCCC(=O)OCC(COC(=O)CCCCCCC/C=C\C/C=C\CCCC)OC(=O)CCCCCCC/C=C\C/C=C\CCCC. The third-order valence-corrected chi connectivity index (χ3v) is 13.2. The molecule has 0 fully saturated rings. The Balaban J connectivity index is 4.26. The first-order valence-electron chi connectivity index (χ1n) is 31.4. The van der Waals surface area contributed by atoms with Gasteiger partial charge in [-0.2, -0.15) is 0 Å². The lowest BCUT2D eigenvalue weighted by atomic mass is 10.0. The summed E-state index contributed by atoms with van der Waals surface area (Å²) < 4.78 is 16.9. The van der Waals surface area contributed by atoms with Crippen LogP contribution in [0.25, 0.3) is 0 Å². The Hall–Kier alpha value is -3.93.